The number of ether oxygens (including phenoxy) is 2. The van der Waals surface area contributed by atoms with Crippen LogP contribution in [-0.4, -0.2) is 66.4 Å². The maximum absolute atomic E-state index is 13.8. The van der Waals surface area contributed by atoms with Gasteiger partial charge in [0.25, 0.3) is 5.91 Å². The molecule has 2 aliphatic heterocycles. The van der Waals surface area contributed by atoms with Crippen molar-refractivity contribution in [1.82, 2.24) is 15.2 Å². The van der Waals surface area contributed by atoms with Crippen LogP contribution in [0, 0.1) is 22.7 Å². The van der Waals surface area contributed by atoms with E-state index >= 15 is 0 Å². The highest BCUT2D eigenvalue weighted by molar-refractivity contribution is 6.02. The zero-order valence-corrected chi connectivity index (χ0v) is 20.5. The number of carbonyl (C=O) groups excluding carboxylic acids is 3. The second kappa shape index (κ2) is 9.94. The molecule has 9 heteroatoms. The number of nitrogens with one attached hydrogen (secondary N) is 2. The highest BCUT2D eigenvalue weighted by atomic mass is 16.5. The number of H-pyrrole nitrogens is 1. The third-order valence-electron chi connectivity index (χ3n) is 8.12. The van der Waals surface area contributed by atoms with Crippen LogP contribution in [0.25, 0.3) is 10.9 Å². The van der Waals surface area contributed by atoms with Crippen LogP contribution < -0.4 is 10.1 Å². The predicted octanol–water partition coefficient (Wildman–Crippen LogP) is 2.96. The number of Topliss-reactive ketones (excluding diaryl/α,β-unsaturated/α-hetero) is 1. The summed E-state index contributed by atoms with van der Waals surface area (Å²) in [5.74, 6) is 0.0587. The van der Waals surface area contributed by atoms with E-state index in [9.17, 15) is 19.6 Å². The molecule has 2 amide bonds. The van der Waals surface area contributed by atoms with Gasteiger partial charge in [-0.2, -0.15) is 5.26 Å². The Labute approximate surface area is 210 Å². The normalized spacial score (nSPS) is 24.1. The largest absolute Gasteiger partial charge is 0.496 e. The van der Waals surface area contributed by atoms with Crippen LogP contribution in [0.1, 0.15) is 55.4 Å². The number of aromatic nitrogens is 1. The highest BCUT2D eigenvalue weighted by Crippen LogP contribution is 2.43. The molecular weight excluding hydrogens is 460 g/mol. The number of carbonyl (C=O) groups is 3. The highest BCUT2D eigenvalue weighted by Gasteiger charge is 2.49. The Morgan fingerprint density at radius 3 is 2.86 bits per heavy atom. The van der Waals surface area contributed by atoms with E-state index in [1.807, 2.05) is 18.2 Å². The minimum absolute atomic E-state index is 0.164. The van der Waals surface area contributed by atoms with Crippen LogP contribution >= 0.6 is 0 Å². The fourth-order valence-electron chi connectivity index (χ4n) is 6.08. The van der Waals surface area contributed by atoms with Crippen molar-refractivity contribution in [3.8, 4) is 11.8 Å². The van der Waals surface area contributed by atoms with Gasteiger partial charge in [0, 0.05) is 43.0 Å². The smallest absolute Gasteiger partial charge is 0.271 e. The minimum Gasteiger partial charge on any atom is -0.496 e. The maximum atomic E-state index is 13.8. The Morgan fingerprint density at radius 2 is 2.17 bits per heavy atom. The summed E-state index contributed by atoms with van der Waals surface area (Å²) in [4.78, 5) is 44.2. The summed E-state index contributed by atoms with van der Waals surface area (Å²) in [5, 5.41) is 13.4. The zero-order chi connectivity index (χ0) is 25.3. The van der Waals surface area contributed by atoms with Crippen LogP contribution in [-0.2, 0) is 14.3 Å². The van der Waals surface area contributed by atoms with Crippen LogP contribution in [0.3, 0.4) is 0 Å². The first-order valence-corrected chi connectivity index (χ1v) is 12.7. The molecule has 0 radical (unpaired) electrons. The monoisotopic (exact) mass is 492 g/mol. The fourth-order valence-corrected chi connectivity index (χ4v) is 6.08. The number of fused-ring (bicyclic) bond motifs is 1. The molecule has 3 fully saturated rings. The predicted molar refractivity (Wildman–Crippen MR) is 131 cm³/mol. The van der Waals surface area contributed by atoms with E-state index in [0.29, 0.717) is 50.5 Å². The molecule has 5 rings (SSSR count). The molecule has 2 saturated heterocycles. The second-order valence-corrected chi connectivity index (χ2v) is 10.4. The molecule has 3 heterocycles. The summed E-state index contributed by atoms with van der Waals surface area (Å²) in [6, 6.07) is 8.04. The third kappa shape index (κ3) is 4.58. The van der Waals surface area contributed by atoms with E-state index in [1.165, 1.54) is 0 Å². The van der Waals surface area contributed by atoms with Gasteiger partial charge in [-0.15, -0.1) is 0 Å². The van der Waals surface area contributed by atoms with E-state index in [-0.39, 0.29) is 28.9 Å². The van der Waals surface area contributed by atoms with Gasteiger partial charge in [0.15, 0.2) is 0 Å². The summed E-state index contributed by atoms with van der Waals surface area (Å²) >= 11 is 0. The van der Waals surface area contributed by atoms with Gasteiger partial charge in [0.2, 0.25) is 5.91 Å². The minimum atomic E-state index is -0.759. The molecular formula is C27H32N4O5. The molecule has 0 unspecified atom stereocenters. The number of nitriles is 1. The third-order valence-corrected chi connectivity index (χ3v) is 8.12. The number of hydrogen-bond donors (Lipinski definition) is 2. The first kappa shape index (κ1) is 24.3. The Kier molecular flexibility index (Phi) is 6.71. The quantitative estimate of drug-likeness (QED) is 0.639. The number of ketones is 1. The molecule has 2 N–H and O–H groups in total. The van der Waals surface area contributed by atoms with Crippen molar-refractivity contribution in [2.24, 2.45) is 11.3 Å². The van der Waals surface area contributed by atoms with Crippen molar-refractivity contribution in [3.05, 3.63) is 30.0 Å². The van der Waals surface area contributed by atoms with E-state index < -0.39 is 12.1 Å². The van der Waals surface area contributed by atoms with Crippen molar-refractivity contribution in [2.75, 3.05) is 26.9 Å². The molecule has 3 aliphatic rings. The van der Waals surface area contributed by atoms with Crippen molar-refractivity contribution < 1.29 is 23.9 Å². The van der Waals surface area contributed by atoms with Gasteiger partial charge in [-0.05, 0) is 62.1 Å². The SMILES string of the molecule is COc1cccc2[nH]c(C(=O)N3CC4(CCOCC4)C[C@H]3C(=O)N[C@H](C#N)C[C@@H]3CCCC3=O)cc12. The molecule has 36 heavy (non-hydrogen) atoms. The summed E-state index contributed by atoms with van der Waals surface area (Å²) in [7, 11) is 1.59. The number of methoxy groups -OCH3 is 1. The van der Waals surface area contributed by atoms with Crippen LogP contribution in [0.2, 0.25) is 0 Å². The molecule has 1 aliphatic carbocycles. The lowest BCUT2D eigenvalue weighted by Gasteiger charge is -2.32. The number of aromatic amines is 1. The Balaban J connectivity index is 1.39. The van der Waals surface area contributed by atoms with Gasteiger partial charge < -0.3 is 24.7 Å². The Hall–Kier alpha value is -3.38. The topological polar surface area (TPSA) is 125 Å². The van der Waals surface area contributed by atoms with E-state index in [1.54, 1.807) is 18.1 Å². The molecule has 3 atom stereocenters. The van der Waals surface area contributed by atoms with Crippen LogP contribution in [0.15, 0.2) is 24.3 Å². The molecule has 2 aromatic rings. The molecule has 1 saturated carbocycles. The average molecular weight is 493 g/mol. The molecule has 1 aromatic heterocycles. The lowest BCUT2D eigenvalue weighted by molar-refractivity contribution is -0.126. The molecule has 1 aromatic carbocycles. The first-order valence-electron chi connectivity index (χ1n) is 12.7. The first-order chi connectivity index (χ1) is 17.4. The summed E-state index contributed by atoms with van der Waals surface area (Å²) in [5.41, 5.74) is 0.984. The number of hydrogen-bond acceptors (Lipinski definition) is 6. The second-order valence-electron chi connectivity index (χ2n) is 10.4. The molecule has 9 nitrogen and oxygen atoms in total. The standard InChI is InChI=1S/C27H32N4O5/c1-35-24-7-3-5-20-19(24)13-21(30-20)26(34)31-16-27(8-10-36-11-9-27)14-22(31)25(33)29-18(15-28)12-17-4-2-6-23(17)32/h3,5,7,13,17-18,22,30H,2,4,6,8-12,14,16H2,1H3,(H,29,33)/t17-,18-,22-/m0/s1. The van der Waals surface area contributed by atoms with E-state index in [0.717, 1.165) is 36.6 Å². The molecule has 1 spiro atoms. The maximum Gasteiger partial charge on any atom is 0.271 e. The number of likely N-dealkylation sites (tertiary alicyclic amines) is 1. The summed E-state index contributed by atoms with van der Waals surface area (Å²) in [6.45, 7) is 1.66. The number of benzene rings is 1. The van der Waals surface area contributed by atoms with Crippen LogP contribution in [0.4, 0.5) is 0 Å². The van der Waals surface area contributed by atoms with Gasteiger partial charge in [0.05, 0.1) is 13.2 Å². The van der Waals surface area contributed by atoms with Crippen LogP contribution in [0.5, 0.6) is 5.75 Å². The summed E-state index contributed by atoms with van der Waals surface area (Å²) in [6.07, 6.45) is 4.54. The van der Waals surface area contributed by atoms with Crippen molar-refractivity contribution in [1.29, 1.82) is 5.26 Å². The van der Waals surface area contributed by atoms with Crippen molar-refractivity contribution in [3.63, 3.8) is 0 Å². The van der Waals surface area contributed by atoms with Gasteiger partial charge >= 0.3 is 0 Å². The van der Waals surface area contributed by atoms with Gasteiger partial charge in [-0.3, -0.25) is 14.4 Å². The van der Waals surface area contributed by atoms with Gasteiger partial charge in [0.1, 0.15) is 29.3 Å². The van der Waals surface area contributed by atoms with Crippen molar-refractivity contribution >= 4 is 28.5 Å². The lowest BCUT2D eigenvalue weighted by Crippen LogP contribution is -2.49. The number of amides is 2. The lowest BCUT2D eigenvalue weighted by atomic mass is 9.78. The Morgan fingerprint density at radius 1 is 1.36 bits per heavy atom. The summed E-state index contributed by atoms with van der Waals surface area (Å²) < 4.78 is 11.0. The molecule has 190 valence electrons. The number of nitrogens with zero attached hydrogens (tertiary/aromatic N) is 2. The van der Waals surface area contributed by atoms with Gasteiger partial charge in [-0.25, -0.2) is 0 Å². The van der Waals surface area contributed by atoms with E-state index in [4.69, 9.17) is 9.47 Å². The van der Waals surface area contributed by atoms with Gasteiger partial charge in [-0.1, -0.05) is 6.07 Å². The zero-order valence-electron chi connectivity index (χ0n) is 20.5. The average Bonchev–Trinajstić information content (AvgIpc) is 3.60. The van der Waals surface area contributed by atoms with E-state index in [2.05, 4.69) is 16.4 Å². The van der Waals surface area contributed by atoms with Crippen molar-refractivity contribution in [2.45, 2.75) is 57.0 Å². The number of rotatable bonds is 6. The Bertz CT molecular complexity index is 1210. The molecule has 0 bridgehead atoms. The fraction of sp³-hybridized carbons (Fsp3) is 0.556.